The van der Waals surface area contributed by atoms with E-state index >= 15 is 0 Å². The van der Waals surface area contributed by atoms with Gasteiger partial charge in [0.25, 0.3) is 5.91 Å². The number of aliphatic hydroxyl groups excluding tert-OH is 2. The summed E-state index contributed by atoms with van der Waals surface area (Å²) >= 11 is 0. The number of nitrogens with two attached hydrogens (primary N) is 1. The van der Waals surface area contributed by atoms with Crippen molar-refractivity contribution in [1.29, 1.82) is 5.26 Å². The molecule has 1 saturated carbocycles. The minimum atomic E-state index is -2.59. The number of primary amides is 1. The Morgan fingerprint density at radius 1 is 1.12 bits per heavy atom. The molecule has 0 saturated heterocycles. The summed E-state index contributed by atoms with van der Waals surface area (Å²) in [6, 6.07) is 11.2. The van der Waals surface area contributed by atoms with Crippen LogP contribution in [-0.2, 0) is 33.6 Å². The summed E-state index contributed by atoms with van der Waals surface area (Å²) < 4.78 is 0. The Morgan fingerprint density at radius 2 is 1.80 bits per heavy atom. The van der Waals surface area contributed by atoms with Crippen LogP contribution in [0.1, 0.15) is 47.1 Å². The standard InChI is InChI=1S/C31H31N3O7/c1-34(2)21-12-17(5-3-4-15-6-8-16(14-32)9-7-15)26(36)24-20(21)11-18-10-19-13-22(35)25(30(33)40)29(39)31(19,41)28(38)23(18)27(24)37/h6-9,12,18-19,36-37,39,41H,3-5,10-11,13H2,1-2H3,(H2,33,40)/t18-,19+,31+/m1/s1. The number of benzene rings is 2. The number of aryl methyl sites for hydroxylation is 2. The number of aromatic hydroxyl groups is 1. The van der Waals surface area contributed by atoms with Crippen LogP contribution in [0.3, 0.4) is 0 Å². The van der Waals surface area contributed by atoms with Gasteiger partial charge < -0.3 is 31.1 Å². The molecular weight excluding hydrogens is 526 g/mol. The molecule has 10 nitrogen and oxygen atoms in total. The maximum Gasteiger partial charge on any atom is 0.255 e. The first-order chi connectivity index (χ1) is 19.4. The molecule has 0 aliphatic heterocycles. The number of carbonyl (C=O) groups is 3. The number of fused-ring (bicyclic) bond motifs is 3. The molecule has 0 spiro atoms. The average Bonchev–Trinajstić information content (AvgIpc) is 2.91. The summed E-state index contributed by atoms with van der Waals surface area (Å²) in [6.07, 6.45) is 1.79. The summed E-state index contributed by atoms with van der Waals surface area (Å²) in [7, 11) is 3.67. The highest BCUT2D eigenvalue weighted by Gasteiger charge is 2.60. The molecule has 0 unspecified atom stereocenters. The Bertz CT molecular complexity index is 1600. The number of rotatable bonds is 6. The lowest BCUT2D eigenvalue weighted by molar-refractivity contribution is -0.147. The van der Waals surface area contributed by atoms with Gasteiger partial charge in [-0.05, 0) is 72.9 Å². The number of ketones is 2. The zero-order valence-corrected chi connectivity index (χ0v) is 22.8. The van der Waals surface area contributed by atoms with Crippen molar-refractivity contribution in [1.82, 2.24) is 0 Å². The number of hydrogen-bond donors (Lipinski definition) is 5. The van der Waals surface area contributed by atoms with E-state index in [1.54, 1.807) is 12.1 Å². The van der Waals surface area contributed by atoms with E-state index in [2.05, 4.69) is 6.07 Å². The largest absolute Gasteiger partial charge is 0.508 e. The second-order valence-electron chi connectivity index (χ2n) is 11.2. The minimum absolute atomic E-state index is 0.0862. The third kappa shape index (κ3) is 4.33. The van der Waals surface area contributed by atoms with Gasteiger partial charge in [-0.3, -0.25) is 14.4 Å². The maximum atomic E-state index is 13.8. The molecule has 41 heavy (non-hydrogen) atoms. The number of nitrogens with zero attached hydrogens (tertiary/aromatic N) is 2. The van der Waals surface area contributed by atoms with Gasteiger partial charge in [0, 0.05) is 37.7 Å². The van der Waals surface area contributed by atoms with Gasteiger partial charge in [-0.2, -0.15) is 5.26 Å². The fourth-order valence-electron chi connectivity index (χ4n) is 6.54. The molecule has 2 aromatic rings. The number of Topliss-reactive ketones (excluding diaryl/α,β-unsaturated/α-hetero) is 2. The highest BCUT2D eigenvalue weighted by Crippen LogP contribution is 2.53. The van der Waals surface area contributed by atoms with Gasteiger partial charge in [-0.1, -0.05) is 12.1 Å². The fourth-order valence-corrected chi connectivity index (χ4v) is 6.54. The van der Waals surface area contributed by atoms with Crippen LogP contribution in [-0.4, -0.2) is 57.6 Å². The summed E-state index contributed by atoms with van der Waals surface area (Å²) in [4.78, 5) is 40.0. The molecular formula is C31H31N3O7. The molecule has 5 rings (SSSR count). The molecule has 0 bridgehead atoms. The number of nitriles is 1. The molecule has 3 atom stereocenters. The summed E-state index contributed by atoms with van der Waals surface area (Å²) in [6.45, 7) is 0. The van der Waals surface area contributed by atoms with Crippen LogP contribution in [0.25, 0.3) is 5.76 Å². The lowest BCUT2D eigenvalue weighted by Gasteiger charge is -2.46. The SMILES string of the molecule is CN(C)c1cc(CCCc2ccc(C#N)cc2)c(O)c2c1C[C@H]1C[C@H]3CC(=O)C(C(N)=O)=C(O)[C@@]3(O)C(=O)C1=C2O. The second kappa shape index (κ2) is 10.1. The van der Waals surface area contributed by atoms with Crippen LogP contribution in [0.4, 0.5) is 5.69 Å². The van der Waals surface area contributed by atoms with Crippen molar-refractivity contribution in [2.24, 2.45) is 17.6 Å². The monoisotopic (exact) mass is 557 g/mol. The summed E-state index contributed by atoms with van der Waals surface area (Å²) in [5.41, 5.74) is 5.35. The van der Waals surface area contributed by atoms with Gasteiger partial charge in [0.2, 0.25) is 5.78 Å². The number of phenols is 1. The highest BCUT2D eigenvalue weighted by molar-refractivity contribution is 6.22. The van der Waals surface area contributed by atoms with E-state index < -0.39 is 52.0 Å². The number of anilines is 1. The Kier molecular flexibility index (Phi) is 6.87. The van der Waals surface area contributed by atoms with Crippen molar-refractivity contribution < 1.29 is 34.8 Å². The molecule has 3 aliphatic rings. The summed E-state index contributed by atoms with van der Waals surface area (Å²) in [5, 5.41) is 54.1. The number of hydrogen-bond acceptors (Lipinski definition) is 9. The number of aliphatic hydroxyl groups is 3. The van der Waals surface area contributed by atoms with Crippen LogP contribution in [0, 0.1) is 23.2 Å². The molecule has 212 valence electrons. The van der Waals surface area contributed by atoms with E-state index in [4.69, 9.17) is 11.0 Å². The first-order valence-electron chi connectivity index (χ1n) is 13.4. The maximum absolute atomic E-state index is 13.8. The molecule has 3 aliphatic carbocycles. The zero-order valence-electron chi connectivity index (χ0n) is 22.8. The van der Waals surface area contributed by atoms with Gasteiger partial charge in [0.05, 0.1) is 17.2 Å². The van der Waals surface area contributed by atoms with Crippen LogP contribution in [0.5, 0.6) is 5.75 Å². The van der Waals surface area contributed by atoms with Gasteiger partial charge in [-0.25, -0.2) is 0 Å². The topological polar surface area (TPSA) is 185 Å². The van der Waals surface area contributed by atoms with Crippen molar-refractivity contribution >= 4 is 28.9 Å². The van der Waals surface area contributed by atoms with Gasteiger partial charge >= 0.3 is 0 Å². The van der Waals surface area contributed by atoms with E-state index in [-0.39, 0.29) is 36.1 Å². The number of phenolic OH excluding ortho intramolecular Hbond substituents is 1. The molecule has 6 N–H and O–H groups in total. The van der Waals surface area contributed by atoms with Crippen molar-refractivity contribution in [3.8, 4) is 11.8 Å². The van der Waals surface area contributed by atoms with Crippen molar-refractivity contribution in [2.75, 3.05) is 19.0 Å². The van der Waals surface area contributed by atoms with Crippen LogP contribution < -0.4 is 10.6 Å². The molecule has 1 amide bonds. The van der Waals surface area contributed by atoms with Crippen LogP contribution in [0.2, 0.25) is 0 Å². The Labute approximate surface area is 236 Å². The smallest absolute Gasteiger partial charge is 0.255 e. The first-order valence-corrected chi connectivity index (χ1v) is 13.4. The molecule has 0 aromatic heterocycles. The number of amides is 1. The van der Waals surface area contributed by atoms with Gasteiger partial charge in [0.15, 0.2) is 11.4 Å². The predicted molar refractivity (Wildman–Crippen MR) is 149 cm³/mol. The van der Waals surface area contributed by atoms with Crippen LogP contribution in [0.15, 0.2) is 47.2 Å². The van der Waals surface area contributed by atoms with E-state index in [1.165, 1.54) is 0 Å². The Hall–Kier alpha value is -4.62. The molecule has 0 radical (unpaired) electrons. The van der Waals surface area contributed by atoms with Crippen LogP contribution >= 0.6 is 0 Å². The molecule has 0 heterocycles. The van der Waals surface area contributed by atoms with Crippen molar-refractivity contribution in [3.63, 3.8) is 0 Å². The predicted octanol–water partition coefficient (Wildman–Crippen LogP) is 2.54. The van der Waals surface area contributed by atoms with E-state index in [0.717, 1.165) is 11.3 Å². The Balaban J connectivity index is 1.55. The normalized spacial score (nSPS) is 23.5. The minimum Gasteiger partial charge on any atom is -0.508 e. The molecule has 1 fully saturated rings. The average molecular weight is 558 g/mol. The highest BCUT2D eigenvalue weighted by atomic mass is 16.3. The summed E-state index contributed by atoms with van der Waals surface area (Å²) in [5.74, 6) is -6.36. The quantitative estimate of drug-likeness (QED) is 0.333. The van der Waals surface area contributed by atoms with Crippen molar-refractivity contribution in [2.45, 2.75) is 44.1 Å². The lowest BCUT2D eigenvalue weighted by atomic mass is 9.59. The van der Waals surface area contributed by atoms with E-state index in [1.807, 2.05) is 37.2 Å². The van der Waals surface area contributed by atoms with E-state index in [0.29, 0.717) is 36.0 Å². The Morgan fingerprint density at radius 3 is 2.41 bits per heavy atom. The zero-order chi connectivity index (χ0) is 29.8. The first kappa shape index (κ1) is 27.9. The van der Waals surface area contributed by atoms with Gasteiger partial charge in [-0.15, -0.1) is 0 Å². The molecule has 2 aromatic carbocycles. The molecule has 10 heteroatoms. The van der Waals surface area contributed by atoms with E-state index in [9.17, 15) is 34.8 Å². The number of carbonyl (C=O) groups excluding carboxylic acids is 3. The fraction of sp³-hybridized carbons (Fsp3) is 0.355. The third-order valence-corrected chi connectivity index (χ3v) is 8.60. The third-order valence-electron chi connectivity index (χ3n) is 8.60. The van der Waals surface area contributed by atoms with Gasteiger partial charge in [0.1, 0.15) is 22.8 Å². The second-order valence-corrected chi connectivity index (χ2v) is 11.2. The van der Waals surface area contributed by atoms with Crippen molar-refractivity contribution in [3.05, 3.63) is 75.1 Å². The lowest BCUT2D eigenvalue weighted by Crippen LogP contribution is -2.58.